The summed E-state index contributed by atoms with van der Waals surface area (Å²) in [6, 6.07) is 1.47. The van der Waals surface area contributed by atoms with Crippen LogP contribution in [0.3, 0.4) is 0 Å². The number of nitrogens with zero attached hydrogens (tertiary/aromatic N) is 1. The second-order valence-electron chi connectivity index (χ2n) is 3.90. The molecule has 0 radical (unpaired) electrons. The van der Waals surface area contributed by atoms with E-state index in [9.17, 15) is 4.79 Å². The van der Waals surface area contributed by atoms with Crippen molar-refractivity contribution in [2.75, 3.05) is 11.9 Å². The third-order valence-electron chi connectivity index (χ3n) is 2.42. The van der Waals surface area contributed by atoms with Crippen molar-refractivity contribution >= 4 is 5.82 Å². The normalized spacial score (nSPS) is 12.9. The third kappa shape index (κ3) is 3.20. The van der Waals surface area contributed by atoms with Crippen LogP contribution in [0.15, 0.2) is 17.2 Å². The van der Waals surface area contributed by atoms with Crippen LogP contribution in [0, 0.1) is 11.8 Å². The van der Waals surface area contributed by atoms with Gasteiger partial charge in [-0.05, 0) is 11.8 Å². The van der Waals surface area contributed by atoms with Crippen molar-refractivity contribution in [1.29, 1.82) is 0 Å². The summed E-state index contributed by atoms with van der Waals surface area (Å²) in [5, 5.41) is 3.14. The van der Waals surface area contributed by atoms with Crippen LogP contribution in [0.4, 0.5) is 5.82 Å². The Labute approximate surface area is 83.8 Å². The molecule has 1 heterocycles. The summed E-state index contributed by atoms with van der Waals surface area (Å²) >= 11 is 0. The van der Waals surface area contributed by atoms with E-state index in [1.54, 1.807) is 0 Å². The molecular formula is C10H17N3O. The summed E-state index contributed by atoms with van der Waals surface area (Å²) in [4.78, 5) is 17.4. The second-order valence-corrected chi connectivity index (χ2v) is 3.90. The summed E-state index contributed by atoms with van der Waals surface area (Å²) in [7, 11) is 0. The number of rotatable bonds is 4. The molecule has 4 nitrogen and oxygen atoms in total. The number of hydrogen-bond donors (Lipinski definition) is 2. The number of H-pyrrole nitrogens is 1. The van der Waals surface area contributed by atoms with Crippen molar-refractivity contribution in [2.45, 2.75) is 20.8 Å². The predicted octanol–water partition coefficient (Wildman–Crippen LogP) is 1.47. The van der Waals surface area contributed by atoms with E-state index in [-0.39, 0.29) is 5.56 Å². The van der Waals surface area contributed by atoms with Crippen molar-refractivity contribution in [3.05, 3.63) is 22.7 Å². The largest absolute Gasteiger partial charge is 0.370 e. The van der Waals surface area contributed by atoms with Gasteiger partial charge in [0.05, 0.1) is 6.33 Å². The number of hydrogen-bond acceptors (Lipinski definition) is 3. The molecule has 0 aliphatic carbocycles. The standard InChI is InChI=1S/C10H17N3O/c1-7(2)8(3)5-11-9-4-10(14)13-6-12-9/h4,6-8H,5H2,1-3H3,(H2,11,12,13,14). The van der Waals surface area contributed by atoms with Gasteiger partial charge in [0.2, 0.25) is 0 Å². The molecule has 14 heavy (non-hydrogen) atoms. The molecule has 1 unspecified atom stereocenters. The molecule has 1 aromatic heterocycles. The minimum atomic E-state index is -0.125. The fourth-order valence-electron chi connectivity index (χ4n) is 0.966. The van der Waals surface area contributed by atoms with Gasteiger partial charge in [0.15, 0.2) is 0 Å². The Morgan fingerprint density at radius 3 is 2.79 bits per heavy atom. The van der Waals surface area contributed by atoms with Crippen LogP contribution in [0.2, 0.25) is 0 Å². The molecule has 0 saturated carbocycles. The fourth-order valence-corrected chi connectivity index (χ4v) is 0.966. The summed E-state index contributed by atoms with van der Waals surface area (Å²) in [6.45, 7) is 7.37. The van der Waals surface area contributed by atoms with E-state index >= 15 is 0 Å². The van der Waals surface area contributed by atoms with Gasteiger partial charge in [0, 0.05) is 12.6 Å². The average Bonchev–Trinajstić information content (AvgIpc) is 2.14. The van der Waals surface area contributed by atoms with Crippen molar-refractivity contribution < 1.29 is 0 Å². The molecule has 4 heteroatoms. The van der Waals surface area contributed by atoms with Gasteiger partial charge in [-0.1, -0.05) is 20.8 Å². The van der Waals surface area contributed by atoms with Crippen LogP contribution in [-0.2, 0) is 0 Å². The van der Waals surface area contributed by atoms with Crippen LogP contribution in [0.1, 0.15) is 20.8 Å². The van der Waals surface area contributed by atoms with E-state index in [1.165, 1.54) is 12.4 Å². The molecule has 0 aliphatic rings. The number of aromatic amines is 1. The molecule has 1 atom stereocenters. The maximum absolute atomic E-state index is 10.9. The van der Waals surface area contributed by atoms with Crippen molar-refractivity contribution in [2.24, 2.45) is 11.8 Å². The highest BCUT2D eigenvalue weighted by Gasteiger charge is 2.06. The maximum atomic E-state index is 10.9. The average molecular weight is 195 g/mol. The van der Waals surface area contributed by atoms with E-state index in [4.69, 9.17) is 0 Å². The van der Waals surface area contributed by atoms with Crippen LogP contribution in [-0.4, -0.2) is 16.5 Å². The van der Waals surface area contributed by atoms with Crippen molar-refractivity contribution in [3.63, 3.8) is 0 Å². The Balaban J connectivity index is 2.50. The van der Waals surface area contributed by atoms with Gasteiger partial charge in [-0.3, -0.25) is 4.79 Å². The molecular weight excluding hydrogens is 178 g/mol. The van der Waals surface area contributed by atoms with E-state index in [1.807, 2.05) is 0 Å². The van der Waals surface area contributed by atoms with Gasteiger partial charge < -0.3 is 10.3 Å². The molecule has 0 aromatic carbocycles. The lowest BCUT2D eigenvalue weighted by atomic mass is 9.98. The summed E-state index contributed by atoms with van der Waals surface area (Å²) in [6.07, 6.45) is 1.41. The lowest BCUT2D eigenvalue weighted by molar-refractivity contribution is 0.439. The SMILES string of the molecule is CC(C)C(C)CNc1cc(=O)[nH]cn1. The molecule has 1 rings (SSSR count). The lowest BCUT2D eigenvalue weighted by Gasteiger charge is -2.15. The van der Waals surface area contributed by atoms with Crippen LogP contribution in [0.5, 0.6) is 0 Å². The van der Waals surface area contributed by atoms with E-state index in [2.05, 4.69) is 36.1 Å². The molecule has 0 saturated heterocycles. The first-order chi connectivity index (χ1) is 6.59. The van der Waals surface area contributed by atoms with E-state index < -0.39 is 0 Å². The van der Waals surface area contributed by atoms with E-state index in [0.29, 0.717) is 17.7 Å². The number of anilines is 1. The first-order valence-corrected chi connectivity index (χ1v) is 4.88. The molecule has 2 N–H and O–H groups in total. The number of nitrogens with one attached hydrogen (secondary N) is 2. The molecule has 0 spiro atoms. The van der Waals surface area contributed by atoms with Gasteiger partial charge >= 0.3 is 0 Å². The predicted molar refractivity (Wildman–Crippen MR) is 57.3 cm³/mol. The maximum Gasteiger partial charge on any atom is 0.252 e. The summed E-state index contributed by atoms with van der Waals surface area (Å²) < 4.78 is 0. The minimum Gasteiger partial charge on any atom is -0.370 e. The lowest BCUT2D eigenvalue weighted by Crippen LogP contribution is -2.18. The first-order valence-electron chi connectivity index (χ1n) is 4.88. The fraction of sp³-hybridized carbons (Fsp3) is 0.600. The van der Waals surface area contributed by atoms with Crippen LogP contribution in [0.25, 0.3) is 0 Å². The molecule has 1 aromatic rings. The van der Waals surface area contributed by atoms with Gasteiger partial charge in [-0.2, -0.15) is 0 Å². The Hall–Kier alpha value is -1.32. The van der Waals surface area contributed by atoms with Gasteiger partial charge in [0.25, 0.3) is 5.56 Å². The summed E-state index contributed by atoms with van der Waals surface area (Å²) in [5.41, 5.74) is -0.125. The highest BCUT2D eigenvalue weighted by Crippen LogP contribution is 2.09. The zero-order valence-corrected chi connectivity index (χ0v) is 8.87. The monoisotopic (exact) mass is 195 g/mol. The Morgan fingerprint density at radius 2 is 2.21 bits per heavy atom. The van der Waals surface area contributed by atoms with Gasteiger partial charge in [-0.25, -0.2) is 4.98 Å². The third-order valence-corrected chi connectivity index (χ3v) is 2.42. The minimum absolute atomic E-state index is 0.125. The number of aromatic nitrogens is 2. The first kappa shape index (κ1) is 10.8. The van der Waals surface area contributed by atoms with E-state index in [0.717, 1.165) is 6.54 Å². The molecule has 0 aliphatic heterocycles. The smallest absolute Gasteiger partial charge is 0.252 e. The van der Waals surface area contributed by atoms with Crippen molar-refractivity contribution in [3.8, 4) is 0 Å². The van der Waals surface area contributed by atoms with Gasteiger partial charge in [-0.15, -0.1) is 0 Å². The Morgan fingerprint density at radius 1 is 1.50 bits per heavy atom. The van der Waals surface area contributed by atoms with Crippen molar-refractivity contribution in [1.82, 2.24) is 9.97 Å². The quantitative estimate of drug-likeness (QED) is 0.765. The van der Waals surface area contributed by atoms with Gasteiger partial charge in [0.1, 0.15) is 5.82 Å². The Kier molecular flexibility index (Phi) is 3.68. The zero-order chi connectivity index (χ0) is 10.6. The molecule has 0 fully saturated rings. The highest BCUT2D eigenvalue weighted by molar-refractivity contribution is 5.31. The highest BCUT2D eigenvalue weighted by atomic mass is 16.1. The molecule has 78 valence electrons. The zero-order valence-electron chi connectivity index (χ0n) is 8.87. The second kappa shape index (κ2) is 4.79. The van der Waals surface area contributed by atoms with Crippen LogP contribution >= 0.6 is 0 Å². The summed E-state index contributed by atoms with van der Waals surface area (Å²) in [5.74, 6) is 1.84. The Bertz CT molecular complexity index is 332. The van der Waals surface area contributed by atoms with Crippen LogP contribution < -0.4 is 10.9 Å². The topological polar surface area (TPSA) is 57.8 Å². The molecule has 0 bridgehead atoms. The molecule has 0 amide bonds.